The Morgan fingerprint density at radius 1 is 1.60 bits per heavy atom. The van der Waals surface area contributed by atoms with Crippen LogP contribution < -0.4 is 0 Å². The van der Waals surface area contributed by atoms with Gasteiger partial charge in [-0.3, -0.25) is 4.79 Å². The molecule has 0 atom stereocenters. The second-order valence-electron chi connectivity index (χ2n) is 2.90. The molecule has 0 N–H and O–H groups in total. The van der Waals surface area contributed by atoms with E-state index in [1.165, 1.54) is 0 Å². The van der Waals surface area contributed by atoms with Crippen molar-refractivity contribution in [3.05, 3.63) is 33.8 Å². The van der Waals surface area contributed by atoms with E-state index < -0.39 is 0 Å². The van der Waals surface area contributed by atoms with Gasteiger partial charge >= 0.3 is 5.97 Å². The van der Waals surface area contributed by atoms with Gasteiger partial charge in [0, 0.05) is 4.47 Å². The fraction of sp³-hybridized carbons (Fsp3) is 0.273. The molecule has 4 heteroatoms. The molecule has 0 saturated heterocycles. The molecule has 15 heavy (non-hydrogen) atoms. The minimum Gasteiger partial charge on any atom is -0.466 e. The highest BCUT2D eigenvalue weighted by atomic mass is 79.9. The van der Waals surface area contributed by atoms with Gasteiger partial charge in [-0.05, 0) is 24.6 Å². The van der Waals surface area contributed by atoms with Crippen LogP contribution in [0.15, 0.2) is 22.7 Å². The minimum atomic E-state index is -0.309. The zero-order chi connectivity index (χ0) is 11.3. The largest absolute Gasteiger partial charge is 0.466 e. The van der Waals surface area contributed by atoms with E-state index in [9.17, 15) is 4.79 Å². The molecular weight excluding hydrogens is 258 g/mol. The highest BCUT2D eigenvalue weighted by Crippen LogP contribution is 2.16. The number of rotatable bonds is 3. The van der Waals surface area contributed by atoms with Gasteiger partial charge in [-0.25, -0.2) is 0 Å². The Kier molecular flexibility index (Phi) is 4.32. The van der Waals surface area contributed by atoms with Crippen LogP contribution in [0.25, 0.3) is 0 Å². The fourth-order valence-electron chi connectivity index (χ4n) is 1.17. The number of halogens is 1. The molecule has 0 aliphatic carbocycles. The highest BCUT2D eigenvalue weighted by molar-refractivity contribution is 9.10. The van der Waals surface area contributed by atoms with Crippen LogP contribution in [0, 0.1) is 11.3 Å². The van der Waals surface area contributed by atoms with Crippen LogP contribution in [0.4, 0.5) is 0 Å². The molecule has 1 rings (SSSR count). The van der Waals surface area contributed by atoms with E-state index in [2.05, 4.69) is 15.9 Å². The van der Waals surface area contributed by atoms with Crippen molar-refractivity contribution in [2.24, 2.45) is 0 Å². The smallest absolute Gasteiger partial charge is 0.310 e. The van der Waals surface area contributed by atoms with Gasteiger partial charge in [-0.1, -0.05) is 22.0 Å². The van der Waals surface area contributed by atoms with Crippen molar-refractivity contribution in [3.8, 4) is 6.07 Å². The highest BCUT2D eigenvalue weighted by Gasteiger charge is 2.08. The summed E-state index contributed by atoms with van der Waals surface area (Å²) in [6.07, 6.45) is 0.143. The number of benzene rings is 1. The van der Waals surface area contributed by atoms with Gasteiger partial charge < -0.3 is 4.74 Å². The van der Waals surface area contributed by atoms with Crippen LogP contribution in [0.2, 0.25) is 0 Å². The average Bonchev–Trinajstić information content (AvgIpc) is 2.21. The lowest BCUT2D eigenvalue weighted by molar-refractivity contribution is -0.142. The zero-order valence-corrected chi connectivity index (χ0v) is 9.87. The molecule has 0 amide bonds. The molecule has 0 unspecified atom stereocenters. The molecule has 1 aromatic carbocycles. The van der Waals surface area contributed by atoms with Crippen molar-refractivity contribution < 1.29 is 9.53 Å². The maximum atomic E-state index is 11.2. The van der Waals surface area contributed by atoms with E-state index in [1.807, 2.05) is 6.07 Å². The van der Waals surface area contributed by atoms with E-state index in [1.54, 1.807) is 25.1 Å². The second-order valence-corrected chi connectivity index (χ2v) is 3.81. The Hall–Kier alpha value is -1.34. The van der Waals surface area contributed by atoms with Crippen LogP contribution >= 0.6 is 15.9 Å². The maximum Gasteiger partial charge on any atom is 0.310 e. The summed E-state index contributed by atoms with van der Waals surface area (Å²) >= 11 is 3.27. The number of ether oxygens (including phenoxy) is 1. The predicted octanol–water partition coefficient (Wildman–Crippen LogP) is 2.43. The summed E-state index contributed by atoms with van der Waals surface area (Å²) in [5.74, 6) is -0.309. The van der Waals surface area contributed by atoms with E-state index in [0.717, 1.165) is 4.47 Å². The number of esters is 1. The normalized spacial score (nSPS) is 9.40. The second kappa shape index (κ2) is 5.52. The van der Waals surface area contributed by atoms with Gasteiger partial charge in [0.2, 0.25) is 0 Å². The number of hydrogen-bond acceptors (Lipinski definition) is 3. The molecule has 3 nitrogen and oxygen atoms in total. The molecule has 0 aliphatic rings. The Balaban J connectivity index is 2.86. The lowest BCUT2D eigenvalue weighted by Gasteiger charge is -2.04. The summed E-state index contributed by atoms with van der Waals surface area (Å²) in [6.45, 7) is 2.11. The van der Waals surface area contributed by atoms with Crippen molar-refractivity contribution >= 4 is 21.9 Å². The Morgan fingerprint density at radius 2 is 2.33 bits per heavy atom. The van der Waals surface area contributed by atoms with Crippen LogP contribution in [0.5, 0.6) is 0 Å². The quantitative estimate of drug-likeness (QED) is 0.791. The molecule has 0 saturated carbocycles. The Morgan fingerprint density at radius 3 is 2.93 bits per heavy atom. The molecular formula is C11H10BrNO2. The molecule has 78 valence electrons. The molecule has 0 spiro atoms. The van der Waals surface area contributed by atoms with Gasteiger partial charge in [0.25, 0.3) is 0 Å². The number of carbonyl (C=O) groups excluding carboxylic acids is 1. The summed E-state index contributed by atoms with van der Waals surface area (Å²) in [5.41, 5.74) is 1.19. The molecule has 0 heterocycles. The topological polar surface area (TPSA) is 50.1 Å². The van der Waals surface area contributed by atoms with Gasteiger partial charge in [-0.2, -0.15) is 5.26 Å². The van der Waals surface area contributed by atoms with E-state index in [4.69, 9.17) is 10.00 Å². The van der Waals surface area contributed by atoms with Gasteiger partial charge in [0.1, 0.15) is 0 Å². The van der Waals surface area contributed by atoms with Gasteiger partial charge in [-0.15, -0.1) is 0 Å². The summed E-state index contributed by atoms with van der Waals surface area (Å²) in [7, 11) is 0. The first kappa shape index (κ1) is 11.7. The van der Waals surface area contributed by atoms with Crippen molar-refractivity contribution in [1.82, 2.24) is 0 Å². The summed E-state index contributed by atoms with van der Waals surface area (Å²) in [5, 5.41) is 8.86. The third-order valence-corrected chi connectivity index (χ3v) is 2.33. The number of nitrogens with zero attached hydrogens (tertiary/aromatic N) is 1. The van der Waals surface area contributed by atoms with E-state index in [0.29, 0.717) is 17.7 Å². The summed E-state index contributed by atoms with van der Waals surface area (Å²) < 4.78 is 5.64. The molecule has 0 bridgehead atoms. The minimum absolute atomic E-state index is 0.143. The standard InChI is InChI=1S/C11H10BrNO2/c1-2-15-11(14)6-8-3-4-10(12)5-9(8)7-13/h3-5H,2,6H2,1H3. The number of carbonyl (C=O) groups is 1. The first-order valence-electron chi connectivity index (χ1n) is 4.51. The predicted molar refractivity (Wildman–Crippen MR) is 59.2 cm³/mol. The van der Waals surface area contributed by atoms with Crippen molar-refractivity contribution in [3.63, 3.8) is 0 Å². The molecule has 1 aromatic rings. The van der Waals surface area contributed by atoms with Crippen LogP contribution in [0.1, 0.15) is 18.1 Å². The molecule has 0 aromatic heterocycles. The van der Waals surface area contributed by atoms with Crippen LogP contribution in [0.3, 0.4) is 0 Å². The Labute approximate surface area is 96.8 Å². The summed E-state index contributed by atoms with van der Waals surface area (Å²) in [4.78, 5) is 11.2. The fourth-order valence-corrected chi connectivity index (χ4v) is 1.54. The average molecular weight is 268 g/mol. The maximum absolute atomic E-state index is 11.2. The molecule has 0 aliphatic heterocycles. The SMILES string of the molecule is CCOC(=O)Cc1ccc(Br)cc1C#N. The third kappa shape index (κ3) is 3.37. The van der Waals surface area contributed by atoms with Gasteiger partial charge in [0.05, 0.1) is 24.7 Å². The van der Waals surface area contributed by atoms with E-state index in [-0.39, 0.29) is 12.4 Å². The van der Waals surface area contributed by atoms with Crippen molar-refractivity contribution in [1.29, 1.82) is 5.26 Å². The first-order valence-corrected chi connectivity index (χ1v) is 5.30. The molecule has 0 fully saturated rings. The summed E-state index contributed by atoms with van der Waals surface area (Å²) in [6, 6.07) is 7.29. The van der Waals surface area contributed by atoms with E-state index >= 15 is 0 Å². The van der Waals surface area contributed by atoms with Crippen molar-refractivity contribution in [2.45, 2.75) is 13.3 Å². The monoisotopic (exact) mass is 267 g/mol. The lowest BCUT2D eigenvalue weighted by atomic mass is 10.1. The number of hydrogen-bond donors (Lipinski definition) is 0. The Bertz CT molecular complexity index is 410. The third-order valence-electron chi connectivity index (χ3n) is 1.83. The van der Waals surface area contributed by atoms with Crippen LogP contribution in [-0.4, -0.2) is 12.6 Å². The number of nitriles is 1. The van der Waals surface area contributed by atoms with Crippen LogP contribution in [-0.2, 0) is 16.0 Å². The zero-order valence-electron chi connectivity index (χ0n) is 8.29. The van der Waals surface area contributed by atoms with Crippen molar-refractivity contribution in [2.75, 3.05) is 6.61 Å². The lowest BCUT2D eigenvalue weighted by Crippen LogP contribution is -2.08. The van der Waals surface area contributed by atoms with Gasteiger partial charge in [0.15, 0.2) is 0 Å². The molecule has 0 radical (unpaired) electrons. The first-order chi connectivity index (χ1) is 7.17.